The van der Waals surface area contributed by atoms with Crippen LogP contribution < -0.4 is 15.2 Å². The number of hydrogen-bond acceptors (Lipinski definition) is 4. The lowest BCUT2D eigenvalue weighted by Gasteiger charge is -2.16. The van der Waals surface area contributed by atoms with Gasteiger partial charge in [0, 0.05) is 6.04 Å². The van der Waals surface area contributed by atoms with E-state index in [0.717, 1.165) is 12.8 Å². The third-order valence-corrected chi connectivity index (χ3v) is 5.39. The van der Waals surface area contributed by atoms with Crippen molar-refractivity contribution in [3.05, 3.63) is 29.6 Å². The highest BCUT2D eigenvalue weighted by Crippen LogP contribution is 2.31. The van der Waals surface area contributed by atoms with E-state index in [1.807, 2.05) is 0 Å². The molecule has 1 aliphatic rings. The van der Waals surface area contributed by atoms with Gasteiger partial charge in [0.1, 0.15) is 0 Å². The van der Waals surface area contributed by atoms with Gasteiger partial charge < -0.3 is 10.5 Å². The molecule has 0 heterocycles. The van der Waals surface area contributed by atoms with Gasteiger partial charge >= 0.3 is 0 Å². The monoisotopic (exact) mass is 344 g/mol. The lowest BCUT2D eigenvalue weighted by Crippen LogP contribution is -2.29. The van der Waals surface area contributed by atoms with Crippen molar-refractivity contribution in [1.29, 1.82) is 0 Å². The summed E-state index contributed by atoms with van der Waals surface area (Å²) in [7, 11) is -3.38. The Morgan fingerprint density at radius 3 is 2.78 bits per heavy atom. The molecule has 7 heteroatoms. The van der Waals surface area contributed by atoms with Crippen molar-refractivity contribution in [2.24, 2.45) is 11.7 Å². The number of sulfonamides is 1. The zero-order valence-electron chi connectivity index (χ0n) is 13.4. The Balaban J connectivity index is 1.97. The van der Waals surface area contributed by atoms with Crippen LogP contribution in [0.15, 0.2) is 18.2 Å². The molecule has 1 saturated carbocycles. The van der Waals surface area contributed by atoms with Crippen molar-refractivity contribution < 1.29 is 17.5 Å². The summed E-state index contributed by atoms with van der Waals surface area (Å²) in [6.45, 7) is 2.72. The van der Waals surface area contributed by atoms with Gasteiger partial charge in [-0.25, -0.2) is 17.5 Å². The predicted octanol–water partition coefficient (Wildman–Crippen LogP) is 2.33. The Morgan fingerprint density at radius 2 is 2.13 bits per heavy atom. The summed E-state index contributed by atoms with van der Waals surface area (Å²) < 4.78 is 45.9. The first-order chi connectivity index (χ1) is 10.9. The Morgan fingerprint density at radius 1 is 1.39 bits per heavy atom. The highest BCUT2D eigenvalue weighted by Gasteiger charge is 2.23. The third-order valence-electron chi connectivity index (χ3n) is 3.85. The molecule has 0 bridgehead atoms. The van der Waals surface area contributed by atoms with Crippen LogP contribution in [0.3, 0.4) is 0 Å². The average molecular weight is 344 g/mol. The second kappa shape index (κ2) is 8.08. The first-order valence-electron chi connectivity index (χ1n) is 8.03. The summed E-state index contributed by atoms with van der Waals surface area (Å²) in [5, 5.41) is 0. The van der Waals surface area contributed by atoms with E-state index >= 15 is 0 Å². The number of benzene rings is 1. The molecule has 23 heavy (non-hydrogen) atoms. The van der Waals surface area contributed by atoms with E-state index in [1.165, 1.54) is 6.07 Å². The topological polar surface area (TPSA) is 81.4 Å². The van der Waals surface area contributed by atoms with Crippen LogP contribution in [0.4, 0.5) is 4.39 Å². The molecule has 0 amide bonds. The molecule has 1 unspecified atom stereocenters. The molecule has 0 radical (unpaired) electrons. The van der Waals surface area contributed by atoms with Crippen molar-refractivity contribution in [1.82, 2.24) is 4.72 Å². The summed E-state index contributed by atoms with van der Waals surface area (Å²) >= 11 is 0. The summed E-state index contributed by atoms with van der Waals surface area (Å²) in [4.78, 5) is 0. The number of hydrogen-bond donors (Lipinski definition) is 2. The fourth-order valence-electron chi connectivity index (χ4n) is 2.22. The van der Waals surface area contributed by atoms with Crippen LogP contribution in [0, 0.1) is 11.7 Å². The third kappa shape index (κ3) is 6.08. The molecule has 2 rings (SSSR count). The summed E-state index contributed by atoms with van der Waals surface area (Å²) in [6.07, 6.45) is 3.45. The molecule has 1 atom stereocenters. The van der Waals surface area contributed by atoms with Crippen LogP contribution in [-0.2, 0) is 10.0 Å². The summed E-state index contributed by atoms with van der Waals surface area (Å²) in [5.74, 6) is 0.327. The Hall–Kier alpha value is -1.18. The van der Waals surface area contributed by atoms with Crippen LogP contribution in [0.1, 0.15) is 44.2 Å². The van der Waals surface area contributed by atoms with Crippen LogP contribution in [-0.4, -0.2) is 27.3 Å². The minimum Gasteiger partial charge on any atom is -0.490 e. The lowest BCUT2D eigenvalue weighted by molar-refractivity contribution is 0.285. The molecule has 0 spiro atoms. The summed E-state index contributed by atoms with van der Waals surface area (Å²) in [6, 6.07) is 4.02. The van der Waals surface area contributed by atoms with Crippen molar-refractivity contribution in [3.8, 4) is 5.75 Å². The van der Waals surface area contributed by atoms with Crippen LogP contribution in [0.2, 0.25) is 0 Å². The van der Waals surface area contributed by atoms with Gasteiger partial charge in [-0.05, 0) is 62.8 Å². The van der Waals surface area contributed by atoms with Gasteiger partial charge in [-0.3, -0.25) is 0 Å². The predicted molar refractivity (Wildman–Crippen MR) is 88.2 cm³/mol. The molecule has 3 N–H and O–H groups in total. The number of unbranched alkanes of at least 4 members (excludes halogenated alkanes) is 1. The molecular formula is C16H25FN2O3S. The minimum absolute atomic E-state index is 0.0424. The molecule has 5 nitrogen and oxygen atoms in total. The molecule has 1 aliphatic carbocycles. The Kier molecular flexibility index (Phi) is 6.38. The number of nitrogens with one attached hydrogen (secondary N) is 1. The van der Waals surface area contributed by atoms with Gasteiger partial charge in [0.25, 0.3) is 0 Å². The quantitative estimate of drug-likeness (QED) is 0.638. The zero-order valence-corrected chi connectivity index (χ0v) is 14.2. The molecule has 1 aromatic carbocycles. The highest BCUT2D eigenvalue weighted by molar-refractivity contribution is 7.89. The van der Waals surface area contributed by atoms with Gasteiger partial charge in [-0.2, -0.15) is 0 Å². The van der Waals surface area contributed by atoms with E-state index in [4.69, 9.17) is 10.5 Å². The van der Waals surface area contributed by atoms with Crippen molar-refractivity contribution >= 4 is 10.0 Å². The fraction of sp³-hybridized carbons (Fsp3) is 0.625. The molecular weight excluding hydrogens is 319 g/mol. The first-order valence-corrected chi connectivity index (χ1v) is 9.69. The molecule has 0 aromatic heterocycles. The SMILES string of the molecule is CC(NS(=O)(=O)CCCCN)c1ccc(F)c(OCC2CC2)c1. The highest BCUT2D eigenvalue weighted by atomic mass is 32.2. The second-order valence-corrected chi connectivity index (χ2v) is 7.97. The molecule has 0 aliphatic heterocycles. The normalized spacial score (nSPS) is 16.3. The fourth-order valence-corrected chi connectivity index (χ4v) is 3.60. The number of rotatable bonds is 10. The number of ether oxygens (including phenoxy) is 1. The van der Waals surface area contributed by atoms with Crippen LogP contribution in [0.5, 0.6) is 5.75 Å². The van der Waals surface area contributed by atoms with Crippen LogP contribution >= 0.6 is 0 Å². The van der Waals surface area contributed by atoms with Gasteiger partial charge in [-0.1, -0.05) is 6.07 Å². The van der Waals surface area contributed by atoms with Crippen molar-refractivity contribution in [3.63, 3.8) is 0 Å². The molecule has 0 saturated heterocycles. The van der Waals surface area contributed by atoms with Crippen molar-refractivity contribution in [2.75, 3.05) is 18.9 Å². The molecule has 1 fully saturated rings. The maximum Gasteiger partial charge on any atom is 0.212 e. The second-order valence-electron chi connectivity index (χ2n) is 6.10. The van der Waals surface area contributed by atoms with Gasteiger partial charge in [-0.15, -0.1) is 0 Å². The Labute approximate surface area is 137 Å². The maximum atomic E-state index is 13.8. The maximum absolute atomic E-state index is 13.8. The Bertz CT molecular complexity index is 618. The lowest BCUT2D eigenvalue weighted by atomic mass is 10.1. The van der Waals surface area contributed by atoms with E-state index in [9.17, 15) is 12.8 Å². The van der Waals surface area contributed by atoms with Crippen molar-refractivity contribution in [2.45, 2.75) is 38.6 Å². The minimum atomic E-state index is -3.38. The number of halogens is 1. The molecule has 1 aromatic rings. The van der Waals surface area contributed by atoms with Gasteiger partial charge in [0.05, 0.1) is 12.4 Å². The molecule has 130 valence electrons. The van der Waals surface area contributed by atoms with Gasteiger partial charge in [0.2, 0.25) is 10.0 Å². The zero-order chi connectivity index (χ0) is 16.9. The van der Waals surface area contributed by atoms with E-state index < -0.39 is 21.9 Å². The van der Waals surface area contributed by atoms with E-state index in [2.05, 4.69) is 4.72 Å². The van der Waals surface area contributed by atoms with Gasteiger partial charge in [0.15, 0.2) is 11.6 Å². The standard InChI is InChI=1S/C16H25FN2O3S/c1-12(19-23(20,21)9-3-2-8-18)14-6-7-15(17)16(10-14)22-11-13-4-5-13/h6-7,10,12-13,19H,2-5,8-9,11,18H2,1H3. The van der Waals surface area contributed by atoms with E-state index in [0.29, 0.717) is 37.5 Å². The smallest absolute Gasteiger partial charge is 0.212 e. The number of nitrogens with two attached hydrogens (primary N) is 1. The van der Waals surface area contributed by atoms with E-state index in [1.54, 1.807) is 19.1 Å². The largest absolute Gasteiger partial charge is 0.490 e. The van der Waals surface area contributed by atoms with Crippen LogP contribution in [0.25, 0.3) is 0 Å². The average Bonchev–Trinajstić information content (AvgIpc) is 3.30. The first kappa shape index (κ1) is 18.2. The summed E-state index contributed by atoms with van der Waals surface area (Å²) in [5.41, 5.74) is 6.05. The van der Waals surface area contributed by atoms with E-state index in [-0.39, 0.29) is 11.5 Å².